The number of carbonyl (C=O) groups is 5. The van der Waals surface area contributed by atoms with Gasteiger partial charge >= 0.3 is 17.9 Å². The van der Waals surface area contributed by atoms with E-state index in [2.05, 4.69) is 10.6 Å². The summed E-state index contributed by atoms with van der Waals surface area (Å²) < 4.78 is 5.33. The Kier molecular flexibility index (Phi) is 10.6. The van der Waals surface area contributed by atoms with Crippen molar-refractivity contribution in [1.29, 1.82) is 0 Å². The van der Waals surface area contributed by atoms with E-state index in [1.54, 1.807) is 38.1 Å². The number of hydrogen-bond acceptors (Lipinski definition) is 8. The Labute approximate surface area is 256 Å². The summed E-state index contributed by atoms with van der Waals surface area (Å²) in [5, 5.41) is 24.2. The van der Waals surface area contributed by atoms with Crippen LogP contribution in [0.1, 0.15) is 91.4 Å². The molecule has 3 aromatic rings. The summed E-state index contributed by atoms with van der Waals surface area (Å²) in [6.07, 6.45) is 5.89. The predicted octanol–water partition coefficient (Wildman–Crippen LogP) is 6.35. The number of ether oxygens (including phenoxy) is 1. The molecule has 0 fully saturated rings. The molecular weight excluding hydrogens is 592 g/mol. The quantitative estimate of drug-likeness (QED) is 0.149. The van der Waals surface area contributed by atoms with Gasteiger partial charge in [0.25, 0.3) is 5.91 Å². The van der Waals surface area contributed by atoms with E-state index in [1.165, 1.54) is 23.1 Å². The minimum absolute atomic E-state index is 0.189. The first-order valence-corrected chi connectivity index (χ1v) is 15.6. The van der Waals surface area contributed by atoms with E-state index in [1.807, 2.05) is 0 Å². The first-order chi connectivity index (χ1) is 20.6. The minimum atomic E-state index is -1.43. The summed E-state index contributed by atoms with van der Waals surface area (Å²) in [5.74, 6) is -4.17. The van der Waals surface area contributed by atoms with E-state index in [4.69, 9.17) is 9.84 Å². The monoisotopic (exact) mass is 624 g/mol. The maximum atomic E-state index is 13.3. The third kappa shape index (κ3) is 7.82. The highest BCUT2D eigenvalue weighted by molar-refractivity contribution is 8.00. The number of carbonyl (C=O) groups excluding carboxylic acids is 3. The lowest BCUT2D eigenvalue weighted by Crippen LogP contribution is -2.23. The van der Waals surface area contributed by atoms with Gasteiger partial charge in [0.2, 0.25) is 5.91 Å². The molecule has 1 aromatic heterocycles. The van der Waals surface area contributed by atoms with Crippen LogP contribution in [0.5, 0.6) is 0 Å². The summed E-state index contributed by atoms with van der Waals surface area (Å²) in [4.78, 5) is 63.8. The van der Waals surface area contributed by atoms with Crippen LogP contribution in [0.25, 0.3) is 0 Å². The molecule has 226 valence electrons. The van der Waals surface area contributed by atoms with Crippen LogP contribution in [0.2, 0.25) is 0 Å². The Bertz CT molecular complexity index is 1570. The molecule has 1 heterocycles. The fourth-order valence-corrected chi connectivity index (χ4v) is 7.00. The van der Waals surface area contributed by atoms with Gasteiger partial charge in [0, 0.05) is 15.5 Å². The van der Waals surface area contributed by atoms with E-state index in [0.29, 0.717) is 21.1 Å². The summed E-state index contributed by atoms with van der Waals surface area (Å²) >= 11 is 2.69. The number of fused-ring (bicyclic) bond motifs is 1. The molecule has 1 aliphatic rings. The Balaban J connectivity index is 1.48. The van der Waals surface area contributed by atoms with Crippen LogP contribution < -0.4 is 10.6 Å². The van der Waals surface area contributed by atoms with E-state index in [-0.39, 0.29) is 23.6 Å². The number of thiophene rings is 1. The van der Waals surface area contributed by atoms with E-state index in [9.17, 15) is 29.1 Å². The fraction of sp³-hybridized carbons (Fsp3) is 0.323. The lowest BCUT2D eigenvalue weighted by atomic mass is 9.96. The lowest BCUT2D eigenvalue weighted by molar-refractivity contribution is -0.115. The van der Waals surface area contributed by atoms with Crippen molar-refractivity contribution in [1.82, 2.24) is 0 Å². The largest absolute Gasteiger partial charge is 0.478 e. The molecule has 0 radical (unpaired) electrons. The van der Waals surface area contributed by atoms with Crippen LogP contribution in [0, 0.1) is 0 Å². The topological polar surface area (TPSA) is 159 Å². The molecule has 4 N–H and O–H groups in total. The molecule has 0 aliphatic heterocycles. The molecule has 1 aliphatic carbocycles. The van der Waals surface area contributed by atoms with E-state index in [0.717, 1.165) is 67.2 Å². The average Bonchev–Trinajstić information content (AvgIpc) is 3.28. The third-order valence-corrected chi connectivity index (χ3v) is 9.20. The van der Waals surface area contributed by atoms with Crippen molar-refractivity contribution < 1.29 is 38.9 Å². The van der Waals surface area contributed by atoms with Gasteiger partial charge in [-0.1, -0.05) is 18.9 Å². The second kappa shape index (κ2) is 14.3. The second-order valence-corrected chi connectivity index (χ2v) is 12.5. The highest BCUT2D eigenvalue weighted by atomic mass is 32.2. The smallest absolute Gasteiger partial charge is 0.341 e. The summed E-state index contributed by atoms with van der Waals surface area (Å²) in [6, 6.07) is 9.99. The van der Waals surface area contributed by atoms with Crippen LogP contribution in [0.4, 0.5) is 10.7 Å². The Morgan fingerprint density at radius 1 is 0.930 bits per heavy atom. The molecule has 43 heavy (non-hydrogen) atoms. The van der Waals surface area contributed by atoms with Gasteiger partial charge in [0.05, 0.1) is 34.1 Å². The van der Waals surface area contributed by atoms with E-state index < -0.39 is 34.6 Å². The Morgan fingerprint density at radius 2 is 1.67 bits per heavy atom. The van der Waals surface area contributed by atoms with Crippen molar-refractivity contribution in [3.63, 3.8) is 0 Å². The maximum absolute atomic E-state index is 13.3. The van der Waals surface area contributed by atoms with Gasteiger partial charge in [-0.05, 0) is 81.5 Å². The van der Waals surface area contributed by atoms with Crippen LogP contribution in [-0.2, 0) is 22.4 Å². The van der Waals surface area contributed by atoms with Crippen molar-refractivity contribution in [3.8, 4) is 0 Å². The fourth-order valence-electron chi connectivity index (χ4n) is 4.80. The first-order valence-electron chi connectivity index (χ1n) is 13.9. The number of nitrogens with one attached hydrogen (secondary N) is 2. The summed E-state index contributed by atoms with van der Waals surface area (Å²) in [7, 11) is 0. The minimum Gasteiger partial charge on any atom is -0.478 e. The summed E-state index contributed by atoms with van der Waals surface area (Å²) in [5.41, 5.74) is 0.927. The molecular formula is C31H32N2O8S2. The van der Waals surface area contributed by atoms with Gasteiger partial charge in [-0.2, -0.15) is 0 Å². The highest BCUT2D eigenvalue weighted by Crippen LogP contribution is 2.38. The van der Waals surface area contributed by atoms with Gasteiger partial charge in [-0.3, -0.25) is 9.59 Å². The molecule has 0 saturated heterocycles. The van der Waals surface area contributed by atoms with Gasteiger partial charge in [0.15, 0.2) is 0 Å². The molecule has 12 heteroatoms. The number of esters is 1. The predicted molar refractivity (Wildman–Crippen MR) is 165 cm³/mol. The number of rotatable bonds is 10. The first kappa shape index (κ1) is 31.8. The van der Waals surface area contributed by atoms with Gasteiger partial charge in [-0.25, -0.2) is 14.4 Å². The number of aromatic carboxylic acids is 2. The summed E-state index contributed by atoms with van der Waals surface area (Å²) in [6.45, 7) is 3.73. The Hall–Kier alpha value is -4.16. The number of benzene rings is 2. The maximum Gasteiger partial charge on any atom is 0.341 e. The zero-order chi connectivity index (χ0) is 31.1. The molecule has 2 aromatic carbocycles. The SMILES string of the molecule is CCOC(=O)c1c(NC(=O)C(C)Sc2cccc(NC(=O)c3ccc(C(=O)O)cc3C(=O)O)c2)sc2c1CCCCCC2. The molecule has 0 spiro atoms. The standard InChI is InChI=1S/C31H32N2O8S2/c1-3-41-31(40)25-22-11-6-4-5-7-12-24(22)43-28(25)33-26(34)17(2)42-20-10-8-9-19(16-20)32-27(35)21-14-13-18(29(36)37)15-23(21)30(38)39/h8-10,13-17H,3-7,11-12H2,1-2H3,(H,32,35)(H,33,34)(H,36,37)(H,38,39). The van der Waals surface area contributed by atoms with E-state index >= 15 is 0 Å². The Morgan fingerprint density at radius 3 is 2.37 bits per heavy atom. The van der Waals surface area contributed by atoms with Crippen molar-refractivity contribution in [2.75, 3.05) is 17.2 Å². The molecule has 4 rings (SSSR count). The van der Waals surface area contributed by atoms with Crippen LogP contribution in [-0.4, -0.2) is 51.8 Å². The van der Waals surface area contributed by atoms with Crippen LogP contribution in [0.3, 0.4) is 0 Å². The van der Waals surface area contributed by atoms with Crippen LogP contribution >= 0.6 is 23.1 Å². The average molecular weight is 625 g/mol. The zero-order valence-corrected chi connectivity index (χ0v) is 25.4. The molecule has 0 bridgehead atoms. The van der Waals surface area contributed by atoms with Crippen molar-refractivity contribution in [2.45, 2.75) is 62.5 Å². The van der Waals surface area contributed by atoms with Crippen LogP contribution in [0.15, 0.2) is 47.4 Å². The lowest BCUT2D eigenvalue weighted by Gasteiger charge is -2.14. The molecule has 2 amide bonds. The molecule has 1 unspecified atom stereocenters. The van der Waals surface area contributed by atoms with Gasteiger partial charge in [0.1, 0.15) is 5.00 Å². The normalized spacial score (nSPS) is 13.5. The number of thioether (sulfide) groups is 1. The molecule has 1 atom stereocenters. The number of anilines is 2. The van der Waals surface area contributed by atoms with Gasteiger partial charge in [-0.15, -0.1) is 23.1 Å². The van der Waals surface area contributed by atoms with Crippen molar-refractivity contribution in [3.05, 3.63) is 75.2 Å². The number of amides is 2. The number of aryl methyl sites for hydroxylation is 1. The number of carboxylic acid groups (broad SMARTS) is 2. The molecule has 0 saturated carbocycles. The number of carboxylic acids is 2. The van der Waals surface area contributed by atoms with Gasteiger partial charge < -0.3 is 25.6 Å². The third-order valence-electron chi connectivity index (χ3n) is 6.90. The zero-order valence-electron chi connectivity index (χ0n) is 23.7. The highest BCUT2D eigenvalue weighted by Gasteiger charge is 2.27. The number of hydrogen-bond donors (Lipinski definition) is 4. The van der Waals surface area contributed by atoms with Crippen molar-refractivity contribution >= 4 is 63.5 Å². The molecule has 10 nitrogen and oxygen atoms in total. The van der Waals surface area contributed by atoms with Crippen molar-refractivity contribution in [2.24, 2.45) is 0 Å². The second-order valence-electron chi connectivity index (χ2n) is 9.94.